The molecule has 0 unspecified atom stereocenters. The molecule has 0 aliphatic heterocycles. The molecule has 0 bridgehead atoms. The largest absolute Gasteiger partial charge is 0.397 e. The average molecular weight is 253 g/mol. The SMILES string of the molecule is CCCCNc1cc(N)c(C(=O)NC2CC2)s1. The van der Waals surface area contributed by atoms with Crippen LogP contribution in [-0.4, -0.2) is 18.5 Å². The molecule has 1 amide bonds. The zero-order valence-electron chi connectivity index (χ0n) is 10.1. The van der Waals surface area contributed by atoms with Crippen molar-refractivity contribution >= 4 is 27.9 Å². The maximum atomic E-state index is 11.9. The highest BCUT2D eigenvalue weighted by Crippen LogP contribution is 2.30. The van der Waals surface area contributed by atoms with Gasteiger partial charge in [0.05, 0.1) is 10.7 Å². The third-order valence-electron chi connectivity index (χ3n) is 2.71. The van der Waals surface area contributed by atoms with Gasteiger partial charge in [-0.25, -0.2) is 0 Å². The van der Waals surface area contributed by atoms with Crippen LogP contribution < -0.4 is 16.4 Å². The lowest BCUT2D eigenvalue weighted by atomic mass is 10.3. The monoisotopic (exact) mass is 253 g/mol. The smallest absolute Gasteiger partial charge is 0.263 e. The van der Waals surface area contributed by atoms with Crippen molar-refractivity contribution in [1.29, 1.82) is 0 Å². The molecule has 0 aromatic carbocycles. The van der Waals surface area contributed by atoms with Crippen LogP contribution in [0.4, 0.5) is 10.7 Å². The van der Waals surface area contributed by atoms with E-state index in [0.717, 1.165) is 37.2 Å². The number of thiophene rings is 1. The summed E-state index contributed by atoms with van der Waals surface area (Å²) >= 11 is 1.44. The Bertz CT molecular complexity index is 398. The second-order valence-electron chi connectivity index (χ2n) is 4.42. The summed E-state index contributed by atoms with van der Waals surface area (Å²) in [7, 11) is 0. The molecule has 1 aromatic heterocycles. The molecule has 94 valence electrons. The van der Waals surface area contributed by atoms with Gasteiger partial charge in [0, 0.05) is 12.6 Å². The van der Waals surface area contributed by atoms with Crippen LogP contribution in [0.1, 0.15) is 42.3 Å². The molecule has 1 aromatic rings. The van der Waals surface area contributed by atoms with Gasteiger partial charge in [-0.05, 0) is 25.3 Å². The summed E-state index contributed by atoms with van der Waals surface area (Å²) < 4.78 is 0. The molecule has 1 aliphatic rings. The summed E-state index contributed by atoms with van der Waals surface area (Å²) in [6.07, 6.45) is 4.47. The van der Waals surface area contributed by atoms with E-state index in [0.29, 0.717) is 16.6 Å². The van der Waals surface area contributed by atoms with Crippen LogP contribution in [0.15, 0.2) is 6.07 Å². The predicted molar refractivity (Wildman–Crippen MR) is 72.6 cm³/mol. The first-order valence-electron chi connectivity index (χ1n) is 6.14. The number of nitrogen functional groups attached to an aromatic ring is 1. The Morgan fingerprint density at radius 2 is 2.35 bits per heavy atom. The van der Waals surface area contributed by atoms with Crippen LogP contribution in [-0.2, 0) is 0 Å². The third kappa shape index (κ3) is 3.36. The molecule has 1 fully saturated rings. The summed E-state index contributed by atoms with van der Waals surface area (Å²) in [6.45, 7) is 3.08. The number of carbonyl (C=O) groups is 1. The molecule has 0 saturated heterocycles. The third-order valence-corrected chi connectivity index (χ3v) is 3.82. The normalized spacial score (nSPS) is 14.6. The maximum Gasteiger partial charge on any atom is 0.263 e. The Labute approximate surface area is 106 Å². The molecule has 2 rings (SSSR count). The molecular weight excluding hydrogens is 234 g/mol. The van der Waals surface area contributed by atoms with Crippen LogP contribution in [0.2, 0.25) is 0 Å². The van der Waals surface area contributed by atoms with Gasteiger partial charge in [-0.3, -0.25) is 4.79 Å². The molecule has 0 radical (unpaired) electrons. The molecule has 1 aliphatic carbocycles. The Morgan fingerprint density at radius 1 is 1.59 bits per heavy atom. The highest BCUT2D eigenvalue weighted by molar-refractivity contribution is 7.18. The number of carbonyl (C=O) groups excluding carboxylic acids is 1. The second-order valence-corrected chi connectivity index (χ2v) is 5.48. The van der Waals surface area contributed by atoms with Gasteiger partial charge in [-0.2, -0.15) is 0 Å². The number of amides is 1. The van der Waals surface area contributed by atoms with Gasteiger partial charge in [-0.15, -0.1) is 11.3 Å². The van der Waals surface area contributed by atoms with Crippen molar-refractivity contribution in [2.24, 2.45) is 0 Å². The van der Waals surface area contributed by atoms with Gasteiger partial charge in [0.15, 0.2) is 0 Å². The van der Waals surface area contributed by atoms with Gasteiger partial charge >= 0.3 is 0 Å². The van der Waals surface area contributed by atoms with Crippen LogP contribution >= 0.6 is 11.3 Å². The quantitative estimate of drug-likeness (QED) is 0.682. The molecule has 5 heteroatoms. The highest BCUT2D eigenvalue weighted by atomic mass is 32.1. The van der Waals surface area contributed by atoms with Crippen LogP contribution in [0.5, 0.6) is 0 Å². The van der Waals surface area contributed by atoms with Gasteiger partial charge < -0.3 is 16.4 Å². The predicted octanol–water partition coefficient (Wildman–Crippen LogP) is 2.43. The molecule has 1 heterocycles. The van der Waals surface area contributed by atoms with E-state index in [2.05, 4.69) is 17.6 Å². The molecule has 0 atom stereocenters. The number of unbranched alkanes of at least 4 members (excludes halogenated alkanes) is 1. The van der Waals surface area contributed by atoms with Crippen molar-refractivity contribution in [2.75, 3.05) is 17.6 Å². The van der Waals surface area contributed by atoms with Crippen molar-refractivity contribution < 1.29 is 4.79 Å². The first-order valence-corrected chi connectivity index (χ1v) is 6.96. The van der Waals surface area contributed by atoms with Gasteiger partial charge in [-0.1, -0.05) is 13.3 Å². The van der Waals surface area contributed by atoms with E-state index in [1.807, 2.05) is 6.07 Å². The van der Waals surface area contributed by atoms with Gasteiger partial charge in [0.2, 0.25) is 0 Å². The number of hydrogen-bond donors (Lipinski definition) is 3. The lowest BCUT2D eigenvalue weighted by molar-refractivity contribution is 0.0956. The maximum absolute atomic E-state index is 11.9. The molecule has 4 N–H and O–H groups in total. The molecule has 17 heavy (non-hydrogen) atoms. The fourth-order valence-electron chi connectivity index (χ4n) is 1.54. The van der Waals surface area contributed by atoms with Crippen LogP contribution in [0, 0.1) is 0 Å². The van der Waals surface area contributed by atoms with E-state index in [1.165, 1.54) is 11.3 Å². The molecule has 4 nitrogen and oxygen atoms in total. The van der Waals surface area contributed by atoms with Gasteiger partial charge in [0.1, 0.15) is 4.88 Å². The number of anilines is 2. The molecular formula is C12H19N3OS. The first kappa shape index (κ1) is 12.2. The molecule has 1 saturated carbocycles. The standard InChI is InChI=1S/C12H19N3OS/c1-2-3-6-14-10-7-9(13)11(17-10)12(16)15-8-4-5-8/h7-8,14H,2-6,13H2,1H3,(H,15,16). The van der Waals surface area contributed by atoms with E-state index < -0.39 is 0 Å². The number of hydrogen-bond acceptors (Lipinski definition) is 4. The minimum atomic E-state index is -0.0291. The van der Waals surface area contributed by atoms with Crippen molar-refractivity contribution in [1.82, 2.24) is 5.32 Å². The highest BCUT2D eigenvalue weighted by Gasteiger charge is 2.25. The van der Waals surface area contributed by atoms with E-state index >= 15 is 0 Å². The van der Waals surface area contributed by atoms with E-state index in [4.69, 9.17) is 5.73 Å². The molecule has 0 spiro atoms. The van der Waals surface area contributed by atoms with Crippen molar-refractivity contribution in [3.8, 4) is 0 Å². The number of nitrogens with two attached hydrogens (primary N) is 1. The average Bonchev–Trinajstić information content (AvgIpc) is 3.02. The van der Waals surface area contributed by atoms with E-state index in [-0.39, 0.29) is 5.91 Å². The van der Waals surface area contributed by atoms with Crippen LogP contribution in [0.3, 0.4) is 0 Å². The number of rotatable bonds is 6. The zero-order chi connectivity index (χ0) is 12.3. The van der Waals surface area contributed by atoms with Crippen LogP contribution in [0.25, 0.3) is 0 Å². The number of nitrogens with one attached hydrogen (secondary N) is 2. The second kappa shape index (κ2) is 5.40. The first-order chi connectivity index (χ1) is 8.20. The van der Waals surface area contributed by atoms with E-state index in [1.54, 1.807) is 0 Å². The fraction of sp³-hybridized carbons (Fsp3) is 0.583. The topological polar surface area (TPSA) is 67.1 Å². The van der Waals surface area contributed by atoms with Crippen molar-refractivity contribution in [3.63, 3.8) is 0 Å². The summed E-state index contributed by atoms with van der Waals surface area (Å²) in [5, 5.41) is 7.23. The Morgan fingerprint density at radius 3 is 3.00 bits per heavy atom. The minimum absolute atomic E-state index is 0.0291. The van der Waals surface area contributed by atoms with Crippen molar-refractivity contribution in [3.05, 3.63) is 10.9 Å². The summed E-state index contributed by atoms with van der Waals surface area (Å²) in [5.74, 6) is -0.0291. The van der Waals surface area contributed by atoms with E-state index in [9.17, 15) is 4.79 Å². The van der Waals surface area contributed by atoms with Crippen molar-refractivity contribution in [2.45, 2.75) is 38.6 Å². The summed E-state index contributed by atoms with van der Waals surface area (Å²) in [4.78, 5) is 12.5. The lowest BCUT2D eigenvalue weighted by Crippen LogP contribution is -2.25. The fourth-order valence-corrected chi connectivity index (χ4v) is 2.45. The Hall–Kier alpha value is -1.23. The summed E-state index contributed by atoms with van der Waals surface area (Å²) in [5.41, 5.74) is 6.43. The minimum Gasteiger partial charge on any atom is -0.397 e. The lowest BCUT2D eigenvalue weighted by Gasteiger charge is -2.01. The summed E-state index contributed by atoms with van der Waals surface area (Å²) in [6, 6.07) is 2.22. The zero-order valence-corrected chi connectivity index (χ0v) is 10.9. The Kier molecular flexibility index (Phi) is 3.89. The Balaban J connectivity index is 1.94. The van der Waals surface area contributed by atoms with Gasteiger partial charge in [0.25, 0.3) is 5.91 Å².